The molecule has 0 spiro atoms. The molecule has 0 amide bonds. The van der Waals surface area contributed by atoms with Crippen LogP contribution in [0.2, 0.25) is 0 Å². The van der Waals surface area contributed by atoms with E-state index in [1.54, 1.807) is 14.2 Å². The Kier molecular flexibility index (Phi) is 4.36. The van der Waals surface area contributed by atoms with Gasteiger partial charge in [-0.3, -0.25) is 4.90 Å². The summed E-state index contributed by atoms with van der Waals surface area (Å²) in [6, 6.07) is 12.8. The van der Waals surface area contributed by atoms with Gasteiger partial charge in [-0.1, -0.05) is 18.2 Å². The van der Waals surface area contributed by atoms with Crippen molar-refractivity contribution in [1.82, 2.24) is 9.88 Å². The molecule has 1 N–H and O–H groups in total. The molecular formula is C21H24N2O2. The third kappa shape index (κ3) is 3.10. The Hall–Kier alpha value is -2.46. The molecule has 1 aromatic heterocycles. The van der Waals surface area contributed by atoms with Crippen LogP contribution in [-0.2, 0) is 19.4 Å². The fourth-order valence-corrected chi connectivity index (χ4v) is 3.75. The molecule has 4 heteroatoms. The normalized spacial score (nSPS) is 14.5. The molecule has 4 nitrogen and oxygen atoms in total. The van der Waals surface area contributed by atoms with Crippen LogP contribution in [-0.4, -0.2) is 37.2 Å². The van der Waals surface area contributed by atoms with Crippen molar-refractivity contribution in [1.29, 1.82) is 0 Å². The van der Waals surface area contributed by atoms with Gasteiger partial charge in [0.25, 0.3) is 0 Å². The number of nitrogens with one attached hydrogen (secondary N) is 1. The Morgan fingerprint density at radius 2 is 1.80 bits per heavy atom. The van der Waals surface area contributed by atoms with E-state index in [-0.39, 0.29) is 0 Å². The van der Waals surface area contributed by atoms with Gasteiger partial charge in [0.05, 0.1) is 14.2 Å². The highest BCUT2D eigenvalue weighted by atomic mass is 16.5. The molecule has 0 atom stereocenters. The summed E-state index contributed by atoms with van der Waals surface area (Å²) in [5, 5.41) is 1.34. The van der Waals surface area contributed by atoms with E-state index in [2.05, 4.69) is 52.5 Å². The molecule has 25 heavy (non-hydrogen) atoms. The number of fused-ring (bicyclic) bond motifs is 2. The molecule has 2 aromatic carbocycles. The summed E-state index contributed by atoms with van der Waals surface area (Å²) >= 11 is 0. The number of aromatic amines is 1. The first-order chi connectivity index (χ1) is 12.3. The largest absolute Gasteiger partial charge is 0.493 e. The third-order valence-corrected chi connectivity index (χ3v) is 5.17. The van der Waals surface area contributed by atoms with Crippen LogP contribution in [0, 0.1) is 0 Å². The smallest absolute Gasteiger partial charge is 0.161 e. The molecule has 2 heterocycles. The predicted molar refractivity (Wildman–Crippen MR) is 101 cm³/mol. The number of nitrogens with zero attached hydrogens (tertiary/aromatic N) is 1. The molecular weight excluding hydrogens is 312 g/mol. The summed E-state index contributed by atoms with van der Waals surface area (Å²) in [6.45, 7) is 3.12. The van der Waals surface area contributed by atoms with Crippen molar-refractivity contribution < 1.29 is 9.47 Å². The number of hydrogen-bond donors (Lipinski definition) is 1. The number of methoxy groups -OCH3 is 2. The van der Waals surface area contributed by atoms with Gasteiger partial charge >= 0.3 is 0 Å². The van der Waals surface area contributed by atoms with E-state index in [0.29, 0.717) is 0 Å². The molecule has 130 valence electrons. The Balaban J connectivity index is 1.47. The summed E-state index contributed by atoms with van der Waals surface area (Å²) in [7, 11) is 3.39. The van der Waals surface area contributed by atoms with E-state index >= 15 is 0 Å². The van der Waals surface area contributed by atoms with E-state index in [1.165, 1.54) is 27.6 Å². The first kappa shape index (κ1) is 16.0. The monoisotopic (exact) mass is 336 g/mol. The lowest BCUT2D eigenvalue weighted by atomic mass is 9.98. The minimum absolute atomic E-state index is 0.819. The fourth-order valence-electron chi connectivity index (χ4n) is 3.75. The van der Waals surface area contributed by atoms with Crippen LogP contribution in [0.1, 0.15) is 16.7 Å². The molecule has 4 rings (SSSR count). The van der Waals surface area contributed by atoms with Crippen molar-refractivity contribution in [3.63, 3.8) is 0 Å². The van der Waals surface area contributed by atoms with Crippen molar-refractivity contribution in [3.8, 4) is 11.5 Å². The highest BCUT2D eigenvalue weighted by molar-refractivity contribution is 5.83. The zero-order valence-electron chi connectivity index (χ0n) is 14.8. The maximum absolute atomic E-state index is 5.46. The van der Waals surface area contributed by atoms with Crippen LogP contribution < -0.4 is 9.47 Å². The number of benzene rings is 2. The maximum atomic E-state index is 5.46. The highest BCUT2D eigenvalue weighted by Gasteiger charge is 2.19. The van der Waals surface area contributed by atoms with Gasteiger partial charge in [-0.2, -0.15) is 0 Å². The van der Waals surface area contributed by atoms with Gasteiger partial charge in [-0.25, -0.2) is 0 Å². The lowest BCUT2D eigenvalue weighted by molar-refractivity contribution is 0.256. The van der Waals surface area contributed by atoms with Crippen molar-refractivity contribution in [2.45, 2.75) is 19.4 Å². The summed E-state index contributed by atoms with van der Waals surface area (Å²) in [5.74, 6) is 1.65. The highest BCUT2D eigenvalue weighted by Crippen LogP contribution is 2.33. The van der Waals surface area contributed by atoms with Gasteiger partial charge in [-0.15, -0.1) is 0 Å². The number of hydrogen-bond acceptors (Lipinski definition) is 3. The second kappa shape index (κ2) is 6.81. The molecule has 3 aromatic rings. The Bertz CT molecular complexity index is 885. The Morgan fingerprint density at radius 3 is 2.60 bits per heavy atom. The summed E-state index contributed by atoms with van der Waals surface area (Å²) in [4.78, 5) is 5.89. The molecule has 0 radical (unpaired) electrons. The number of ether oxygens (including phenoxy) is 2. The molecule has 0 saturated carbocycles. The standard InChI is InChI=1S/C21H24N2O2/c1-24-20-11-15-7-9-23(14-17(15)12-21(20)25-2)10-8-16-13-22-19-6-4-3-5-18(16)19/h3-6,11-13,22H,7-10,14H2,1-2H3. The Labute approximate surface area is 148 Å². The van der Waals surface area contributed by atoms with Crippen molar-refractivity contribution >= 4 is 10.9 Å². The first-order valence-corrected chi connectivity index (χ1v) is 8.79. The SMILES string of the molecule is COc1cc2c(cc1OC)CN(CCc1c[nH]c3ccccc13)CC2. The summed E-state index contributed by atoms with van der Waals surface area (Å²) in [5.41, 5.74) is 5.34. The average Bonchev–Trinajstić information content (AvgIpc) is 3.08. The number of aromatic nitrogens is 1. The average molecular weight is 336 g/mol. The molecule has 0 unspecified atom stereocenters. The quantitative estimate of drug-likeness (QED) is 0.770. The Morgan fingerprint density at radius 1 is 1.04 bits per heavy atom. The van der Waals surface area contributed by atoms with E-state index in [4.69, 9.17) is 9.47 Å². The van der Waals surface area contributed by atoms with Gasteiger partial charge in [-0.05, 0) is 47.7 Å². The van der Waals surface area contributed by atoms with Gasteiger partial charge in [0.2, 0.25) is 0 Å². The van der Waals surface area contributed by atoms with Crippen LogP contribution in [0.3, 0.4) is 0 Å². The number of H-pyrrole nitrogens is 1. The summed E-state index contributed by atoms with van der Waals surface area (Å²) in [6.07, 6.45) is 4.27. The minimum Gasteiger partial charge on any atom is -0.493 e. The number of para-hydroxylation sites is 1. The van der Waals surface area contributed by atoms with E-state index in [9.17, 15) is 0 Å². The fraction of sp³-hybridized carbons (Fsp3) is 0.333. The first-order valence-electron chi connectivity index (χ1n) is 8.79. The second-order valence-corrected chi connectivity index (χ2v) is 6.61. The van der Waals surface area contributed by atoms with Crippen molar-refractivity contribution in [2.24, 2.45) is 0 Å². The summed E-state index contributed by atoms with van der Waals surface area (Å²) < 4.78 is 10.9. The van der Waals surface area contributed by atoms with E-state index in [0.717, 1.165) is 44.0 Å². The van der Waals surface area contributed by atoms with Gasteiger partial charge in [0, 0.05) is 36.7 Å². The van der Waals surface area contributed by atoms with Crippen molar-refractivity contribution in [2.75, 3.05) is 27.3 Å². The maximum Gasteiger partial charge on any atom is 0.161 e. The van der Waals surface area contributed by atoms with Gasteiger partial charge < -0.3 is 14.5 Å². The lowest BCUT2D eigenvalue weighted by Crippen LogP contribution is -2.32. The molecule has 0 saturated heterocycles. The van der Waals surface area contributed by atoms with Crippen LogP contribution >= 0.6 is 0 Å². The third-order valence-electron chi connectivity index (χ3n) is 5.17. The van der Waals surface area contributed by atoms with E-state index < -0.39 is 0 Å². The molecule has 0 bridgehead atoms. The zero-order chi connectivity index (χ0) is 17.2. The van der Waals surface area contributed by atoms with Crippen LogP contribution in [0.25, 0.3) is 10.9 Å². The topological polar surface area (TPSA) is 37.5 Å². The van der Waals surface area contributed by atoms with Crippen LogP contribution in [0.5, 0.6) is 11.5 Å². The van der Waals surface area contributed by atoms with Gasteiger partial charge in [0.1, 0.15) is 0 Å². The molecule has 0 fully saturated rings. The van der Waals surface area contributed by atoms with Crippen LogP contribution in [0.4, 0.5) is 0 Å². The molecule has 0 aliphatic carbocycles. The van der Waals surface area contributed by atoms with Gasteiger partial charge in [0.15, 0.2) is 11.5 Å². The van der Waals surface area contributed by atoms with Crippen LogP contribution in [0.15, 0.2) is 42.6 Å². The molecule has 1 aliphatic rings. The van der Waals surface area contributed by atoms with Crippen molar-refractivity contribution in [3.05, 3.63) is 59.3 Å². The minimum atomic E-state index is 0.819. The lowest BCUT2D eigenvalue weighted by Gasteiger charge is -2.29. The molecule has 1 aliphatic heterocycles. The second-order valence-electron chi connectivity index (χ2n) is 6.61. The number of rotatable bonds is 5. The predicted octanol–water partition coefficient (Wildman–Crippen LogP) is 3.79. The van der Waals surface area contributed by atoms with E-state index in [1.807, 2.05) is 0 Å². The zero-order valence-corrected chi connectivity index (χ0v) is 14.8.